The van der Waals surface area contributed by atoms with E-state index >= 15 is 0 Å². The van der Waals surface area contributed by atoms with Crippen molar-refractivity contribution >= 4 is 74.3 Å². The van der Waals surface area contributed by atoms with Crippen LogP contribution in [0.4, 0.5) is 0 Å². The Morgan fingerprint density at radius 1 is 0.405 bits per heavy atom. The van der Waals surface area contributed by atoms with Crippen molar-refractivity contribution in [1.82, 2.24) is 9.97 Å². The molecule has 0 aliphatic heterocycles. The van der Waals surface area contributed by atoms with Crippen molar-refractivity contribution in [2.24, 2.45) is 0 Å². The molecule has 9 rings (SSSR count). The van der Waals surface area contributed by atoms with Crippen LogP contribution in [0, 0.1) is 0 Å². The van der Waals surface area contributed by atoms with Gasteiger partial charge in [0.05, 0.1) is 11.0 Å². The summed E-state index contributed by atoms with van der Waals surface area (Å²) in [5.41, 5.74) is 10.3. The summed E-state index contributed by atoms with van der Waals surface area (Å²) in [6, 6.07) is 48.0. The van der Waals surface area contributed by atoms with Gasteiger partial charge in [-0.2, -0.15) is 0 Å². The smallest absolute Gasteiger partial charge is 0.143 e. The second-order valence-electron chi connectivity index (χ2n) is 10.6. The van der Waals surface area contributed by atoms with Crippen molar-refractivity contribution in [3.8, 4) is 33.4 Å². The van der Waals surface area contributed by atoms with Crippen LogP contribution in [0.3, 0.4) is 0 Å². The Morgan fingerprint density at radius 2 is 1.05 bits per heavy atom. The van der Waals surface area contributed by atoms with Crippen LogP contribution in [0.15, 0.2) is 133 Å². The molecule has 0 aliphatic rings. The molecule has 0 unspecified atom stereocenters. The van der Waals surface area contributed by atoms with E-state index in [0.717, 1.165) is 26.8 Å². The van der Waals surface area contributed by atoms with Crippen LogP contribution >= 0.6 is 22.7 Å². The zero-order valence-corrected chi connectivity index (χ0v) is 24.0. The molecule has 0 N–H and O–H groups in total. The van der Waals surface area contributed by atoms with Crippen LogP contribution in [0.5, 0.6) is 0 Å². The van der Waals surface area contributed by atoms with E-state index in [2.05, 4.69) is 109 Å². The number of benzene rings is 6. The first-order valence-electron chi connectivity index (χ1n) is 14.0. The molecule has 0 fully saturated rings. The lowest BCUT2D eigenvalue weighted by Crippen LogP contribution is -1.84. The van der Waals surface area contributed by atoms with E-state index in [1.54, 1.807) is 11.3 Å². The molecule has 3 heterocycles. The Hall–Kier alpha value is -4.90. The Morgan fingerprint density at radius 3 is 1.90 bits per heavy atom. The van der Waals surface area contributed by atoms with E-state index in [9.17, 15) is 0 Å². The summed E-state index contributed by atoms with van der Waals surface area (Å²) in [5.74, 6) is 0. The second kappa shape index (κ2) is 9.31. The highest BCUT2D eigenvalue weighted by Crippen LogP contribution is 2.42. The lowest BCUT2D eigenvalue weighted by atomic mass is 9.97. The third-order valence-electron chi connectivity index (χ3n) is 8.09. The average Bonchev–Trinajstić information content (AvgIpc) is 3.61. The summed E-state index contributed by atoms with van der Waals surface area (Å²) in [6.07, 6.45) is 0. The fraction of sp³-hybridized carbons (Fsp3) is 0. The number of hydrogen-bond acceptors (Lipinski definition) is 4. The van der Waals surface area contributed by atoms with E-state index in [1.807, 2.05) is 35.6 Å². The molecule has 9 aromatic rings. The predicted molar refractivity (Wildman–Crippen MR) is 182 cm³/mol. The molecule has 0 spiro atoms. The Balaban J connectivity index is 1.17. The summed E-state index contributed by atoms with van der Waals surface area (Å²) in [5, 5.41) is 3.79. The molecule has 0 aliphatic carbocycles. The summed E-state index contributed by atoms with van der Waals surface area (Å²) in [7, 11) is 0. The number of para-hydroxylation sites is 2. The molecule has 0 radical (unpaired) electrons. The van der Waals surface area contributed by atoms with Gasteiger partial charge in [0.1, 0.15) is 10.3 Å². The van der Waals surface area contributed by atoms with E-state index in [1.165, 1.54) is 58.3 Å². The maximum atomic E-state index is 5.00. The Labute approximate surface area is 250 Å². The van der Waals surface area contributed by atoms with Crippen molar-refractivity contribution in [1.29, 1.82) is 0 Å². The van der Waals surface area contributed by atoms with E-state index in [-0.39, 0.29) is 0 Å². The van der Waals surface area contributed by atoms with Gasteiger partial charge in [0, 0.05) is 30.3 Å². The fourth-order valence-electron chi connectivity index (χ4n) is 6.02. The molecule has 0 amide bonds. The van der Waals surface area contributed by atoms with Gasteiger partial charge in [-0.15, -0.1) is 22.7 Å². The topological polar surface area (TPSA) is 25.8 Å². The first kappa shape index (κ1) is 23.8. The number of fused-ring (bicyclic) bond motifs is 7. The highest BCUT2D eigenvalue weighted by Gasteiger charge is 2.14. The van der Waals surface area contributed by atoms with Gasteiger partial charge in [-0.1, -0.05) is 91.0 Å². The zero-order valence-electron chi connectivity index (χ0n) is 22.4. The fourth-order valence-corrected chi connectivity index (χ4v) is 8.25. The van der Waals surface area contributed by atoms with Gasteiger partial charge < -0.3 is 0 Å². The minimum Gasteiger partial charge on any atom is -0.243 e. The number of thiophene rings is 2. The molecule has 3 aromatic heterocycles. The van der Waals surface area contributed by atoms with Gasteiger partial charge in [-0.3, -0.25) is 0 Å². The van der Waals surface area contributed by atoms with Crippen molar-refractivity contribution in [2.45, 2.75) is 0 Å². The lowest BCUT2D eigenvalue weighted by molar-refractivity contribution is 1.43. The first-order valence-corrected chi connectivity index (χ1v) is 15.6. The average molecular weight is 571 g/mol. The maximum absolute atomic E-state index is 5.00. The number of rotatable bonds is 3. The van der Waals surface area contributed by atoms with Crippen LogP contribution in [-0.4, -0.2) is 9.97 Å². The normalized spacial score (nSPS) is 11.8. The lowest BCUT2D eigenvalue weighted by Gasteiger charge is -2.08. The van der Waals surface area contributed by atoms with Gasteiger partial charge in [-0.05, 0) is 75.8 Å². The van der Waals surface area contributed by atoms with Gasteiger partial charge in [0.2, 0.25) is 0 Å². The van der Waals surface area contributed by atoms with Crippen molar-refractivity contribution in [3.63, 3.8) is 0 Å². The molecular formula is C38H22N2S2. The highest BCUT2D eigenvalue weighted by atomic mass is 32.1. The number of hydrogen-bond donors (Lipinski definition) is 0. The van der Waals surface area contributed by atoms with Crippen molar-refractivity contribution in [2.75, 3.05) is 0 Å². The van der Waals surface area contributed by atoms with E-state index < -0.39 is 0 Å². The van der Waals surface area contributed by atoms with Crippen LogP contribution in [-0.2, 0) is 0 Å². The molecule has 2 nitrogen and oxygen atoms in total. The summed E-state index contributed by atoms with van der Waals surface area (Å²) in [6.45, 7) is 0. The summed E-state index contributed by atoms with van der Waals surface area (Å²) >= 11 is 3.59. The largest absolute Gasteiger partial charge is 0.243 e. The Kier molecular flexibility index (Phi) is 5.27. The molecule has 0 atom stereocenters. The summed E-state index contributed by atoms with van der Waals surface area (Å²) < 4.78 is 3.86. The minimum atomic E-state index is 0.935. The predicted octanol–water partition coefficient (Wildman–Crippen LogP) is 11.4. The molecule has 0 saturated heterocycles. The van der Waals surface area contributed by atoms with Crippen molar-refractivity contribution < 1.29 is 0 Å². The van der Waals surface area contributed by atoms with Crippen LogP contribution in [0.2, 0.25) is 0 Å². The molecule has 42 heavy (non-hydrogen) atoms. The van der Waals surface area contributed by atoms with E-state index in [4.69, 9.17) is 9.97 Å². The van der Waals surface area contributed by atoms with Crippen LogP contribution in [0.1, 0.15) is 0 Å². The zero-order chi connectivity index (χ0) is 27.6. The molecule has 0 bridgehead atoms. The monoisotopic (exact) mass is 570 g/mol. The quantitative estimate of drug-likeness (QED) is 0.211. The summed E-state index contributed by atoms with van der Waals surface area (Å²) in [4.78, 5) is 10.9. The standard InChI is InChI=1S/C38H22N2S2/c1-2-8-23(9-3-1)25-16-18-34-30(21-25)29-13-7-12-28(37(29)41-34)27-11-6-10-24(20-27)26-17-19-35-31(22-26)36-38(42-35)40-33-15-5-4-14-32(33)39-36/h1-22H. The van der Waals surface area contributed by atoms with Crippen LogP contribution in [0.25, 0.3) is 85.0 Å². The number of nitrogens with zero attached hydrogens (tertiary/aromatic N) is 2. The van der Waals surface area contributed by atoms with Gasteiger partial charge in [0.15, 0.2) is 0 Å². The molecule has 196 valence electrons. The van der Waals surface area contributed by atoms with Crippen LogP contribution < -0.4 is 0 Å². The van der Waals surface area contributed by atoms with E-state index in [0.29, 0.717) is 0 Å². The third kappa shape index (κ3) is 3.77. The van der Waals surface area contributed by atoms with Crippen molar-refractivity contribution in [3.05, 3.63) is 133 Å². The van der Waals surface area contributed by atoms with Gasteiger partial charge in [0.25, 0.3) is 0 Å². The minimum absolute atomic E-state index is 0.935. The van der Waals surface area contributed by atoms with Gasteiger partial charge in [-0.25, -0.2) is 9.97 Å². The second-order valence-corrected chi connectivity index (χ2v) is 12.7. The Bertz CT molecular complexity index is 2470. The van der Waals surface area contributed by atoms with Gasteiger partial charge >= 0.3 is 0 Å². The molecule has 0 saturated carbocycles. The molecule has 4 heteroatoms. The first-order chi connectivity index (χ1) is 20.8. The highest BCUT2D eigenvalue weighted by molar-refractivity contribution is 7.26. The maximum Gasteiger partial charge on any atom is 0.143 e. The molecule has 6 aromatic carbocycles. The molecular weight excluding hydrogens is 549 g/mol. The SMILES string of the molecule is c1ccc(-c2ccc3sc4c(-c5cccc(-c6ccc7sc8nc9ccccc9nc8c7c6)c5)cccc4c3c2)cc1. The number of aromatic nitrogens is 2. The third-order valence-corrected chi connectivity index (χ3v) is 10.4.